The topological polar surface area (TPSA) is 119 Å². The fourth-order valence-corrected chi connectivity index (χ4v) is 4.18. The Hall–Kier alpha value is -3.14. The first kappa shape index (κ1) is 23.1. The molecule has 2 aromatic rings. The van der Waals surface area contributed by atoms with E-state index < -0.39 is 26.9 Å². The predicted molar refractivity (Wildman–Crippen MR) is 114 cm³/mol. The molecular formula is C20H25N3O6S. The summed E-state index contributed by atoms with van der Waals surface area (Å²) in [5.74, 6) is 0.219. The van der Waals surface area contributed by atoms with E-state index in [2.05, 4.69) is 5.32 Å². The second-order valence-electron chi connectivity index (χ2n) is 6.55. The van der Waals surface area contributed by atoms with Crippen molar-refractivity contribution in [3.05, 3.63) is 64.2 Å². The number of ether oxygens (including phenoxy) is 1. The fraction of sp³-hybridized carbons (Fsp3) is 0.350. The number of nitrogens with zero attached hydrogens (tertiary/aromatic N) is 2. The molecule has 30 heavy (non-hydrogen) atoms. The normalized spacial score (nSPS) is 12.1. The summed E-state index contributed by atoms with van der Waals surface area (Å²) in [4.78, 5) is 23.3. The van der Waals surface area contributed by atoms with Gasteiger partial charge in [-0.05, 0) is 37.1 Å². The van der Waals surface area contributed by atoms with Gasteiger partial charge in [0, 0.05) is 18.7 Å². The molecule has 0 aliphatic heterocycles. The van der Waals surface area contributed by atoms with Crippen LogP contribution in [-0.4, -0.2) is 38.2 Å². The molecule has 0 unspecified atom stereocenters. The lowest BCUT2D eigenvalue weighted by atomic mass is 10.1. The predicted octanol–water partition coefficient (Wildman–Crippen LogP) is 2.85. The van der Waals surface area contributed by atoms with Crippen LogP contribution >= 0.6 is 0 Å². The number of nitrogens with one attached hydrogen (secondary N) is 1. The van der Waals surface area contributed by atoms with Crippen molar-refractivity contribution in [2.45, 2.75) is 32.9 Å². The summed E-state index contributed by atoms with van der Waals surface area (Å²) in [5, 5.41) is 13.8. The Morgan fingerprint density at radius 1 is 1.20 bits per heavy atom. The van der Waals surface area contributed by atoms with Gasteiger partial charge in [0.15, 0.2) is 0 Å². The highest BCUT2D eigenvalue weighted by atomic mass is 32.2. The Kier molecular flexibility index (Phi) is 7.76. The van der Waals surface area contributed by atoms with E-state index in [0.29, 0.717) is 12.4 Å². The van der Waals surface area contributed by atoms with Crippen LogP contribution in [0.2, 0.25) is 0 Å². The number of amides is 1. The van der Waals surface area contributed by atoms with Crippen LogP contribution < -0.4 is 14.4 Å². The summed E-state index contributed by atoms with van der Waals surface area (Å²) in [6.45, 7) is 4.31. The quantitative estimate of drug-likeness (QED) is 0.453. The molecule has 0 aliphatic carbocycles. The van der Waals surface area contributed by atoms with E-state index in [4.69, 9.17) is 4.74 Å². The van der Waals surface area contributed by atoms with E-state index in [1.165, 1.54) is 18.2 Å². The highest BCUT2D eigenvalue weighted by Gasteiger charge is 2.32. The number of benzene rings is 2. The Bertz CT molecular complexity index is 992. The fourth-order valence-electron chi connectivity index (χ4n) is 2.98. The lowest BCUT2D eigenvalue weighted by Crippen LogP contribution is -2.49. The van der Waals surface area contributed by atoms with Crippen LogP contribution in [0.3, 0.4) is 0 Å². The zero-order chi connectivity index (χ0) is 22.3. The molecule has 1 atom stereocenters. The molecule has 0 fully saturated rings. The Balaban J connectivity index is 2.23. The van der Waals surface area contributed by atoms with Crippen LogP contribution in [0.25, 0.3) is 0 Å². The largest absolute Gasteiger partial charge is 0.494 e. The number of hydrogen-bond acceptors (Lipinski definition) is 6. The molecular weight excluding hydrogens is 410 g/mol. The SMILES string of the molecule is CCOc1ccc(CNC(=O)[C@@H](CC)N(c2cccc([N+](=O)[O-])c2)S(C)(=O)=O)cc1. The van der Waals surface area contributed by atoms with Gasteiger partial charge in [-0.1, -0.05) is 25.1 Å². The van der Waals surface area contributed by atoms with Gasteiger partial charge in [-0.15, -0.1) is 0 Å². The molecule has 0 aromatic heterocycles. The number of nitro groups is 1. The van der Waals surface area contributed by atoms with Gasteiger partial charge < -0.3 is 10.1 Å². The van der Waals surface area contributed by atoms with Gasteiger partial charge in [0.05, 0.1) is 23.5 Å². The number of non-ortho nitro benzene ring substituents is 1. The monoisotopic (exact) mass is 435 g/mol. The number of sulfonamides is 1. The highest BCUT2D eigenvalue weighted by Crippen LogP contribution is 2.26. The minimum atomic E-state index is -3.88. The second kappa shape index (κ2) is 10.1. The summed E-state index contributed by atoms with van der Waals surface area (Å²) in [5.41, 5.74) is 0.628. The van der Waals surface area contributed by atoms with Gasteiger partial charge >= 0.3 is 0 Å². The summed E-state index contributed by atoms with van der Waals surface area (Å²) < 4.78 is 31.2. The van der Waals surface area contributed by atoms with E-state index in [0.717, 1.165) is 22.2 Å². The minimum absolute atomic E-state index is 0.0646. The summed E-state index contributed by atoms with van der Waals surface area (Å²) >= 11 is 0. The Morgan fingerprint density at radius 2 is 1.87 bits per heavy atom. The second-order valence-corrected chi connectivity index (χ2v) is 8.41. The van der Waals surface area contributed by atoms with Crippen LogP contribution in [0.15, 0.2) is 48.5 Å². The van der Waals surface area contributed by atoms with Crippen LogP contribution in [0, 0.1) is 10.1 Å². The van der Waals surface area contributed by atoms with E-state index in [1.54, 1.807) is 31.2 Å². The Labute approximate surface area is 175 Å². The molecule has 0 bridgehead atoms. The molecule has 2 rings (SSSR count). The van der Waals surface area contributed by atoms with Crippen LogP contribution in [-0.2, 0) is 21.4 Å². The molecule has 0 saturated carbocycles. The zero-order valence-corrected chi connectivity index (χ0v) is 17.9. The molecule has 0 heterocycles. The van der Waals surface area contributed by atoms with Crippen molar-refractivity contribution in [3.8, 4) is 5.75 Å². The molecule has 0 radical (unpaired) electrons. The van der Waals surface area contributed by atoms with E-state index >= 15 is 0 Å². The van der Waals surface area contributed by atoms with Gasteiger partial charge in [-0.2, -0.15) is 0 Å². The van der Waals surface area contributed by atoms with Crippen molar-refractivity contribution in [2.24, 2.45) is 0 Å². The van der Waals surface area contributed by atoms with Crippen molar-refractivity contribution >= 4 is 27.3 Å². The number of carbonyl (C=O) groups excluding carboxylic acids is 1. The lowest BCUT2D eigenvalue weighted by molar-refractivity contribution is -0.384. The number of nitro benzene ring substituents is 1. The van der Waals surface area contributed by atoms with Crippen molar-refractivity contribution in [1.82, 2.24) is 5.32 Å². The number of hydrogen-bond donors (Lipinski definition) is 1. The average Bonchev–Trinajstić information content (AvgIpc) is 2.70. The van der Waals surface area contributed by atoms with E-state index in [9.17, 15) is 23.3 Å². The summed E-state index contributed by atoms with van der Waals surface area (Å²) in [6, 6.07) is 11.3. The summed E-state index contributed by atoms with van der Waals surface area (Å²) in [6.07, 6.45) is 1.15. The highest BCUT2D eigenvalue weighted by molar-refractivity contribution is 7.92. The number of rotatable bonds is 10. The number of anilines is 1. The maximum absolute atomic E-state index is 12.8. The van der Waals surface area contributed by atoms with Gasteiger partial charge in [0.25, 0.3) is 5.69 Å². The zero-order valence-electron chi connectivity index (χ0n) is 17.1. The first-order valence-corrected chi connectivity index (χ1v) is 11.3. The van der Waals surface area contributed by atoms with Crippen molar-refractivity contribution in [1.29, 1.82) is 0 Å². The number of carbonyl (C=O) groups is 1. The molecule has 9 nitrogen and oxygen atoms in total. The van der Waals surface area contributed by atoms with Crippen LogP contribution in [0.4, 0.5) is 11.4 Å². The van der Waals surface area contributed by atoms with E-state index in [1.807, 2.05) is 6.92 Å². The third-order valence-electron chi connectivity index (χ3n) is 4.33. The molecule has 10 heteroatoms. The van der Waals surface area contributed by atoms with E-state index in [-0.39, 0.29) is 24.3 Å². The van der Waals surface area contributed by atoms with Gasteiger partial charge in [-0.25, -0.2) is 8.42 Å². The third-order valence-corrected chi connectivity index (χ3v) is 5.51. The van der Waals surface area contributed by atoms with Crippen LogP contribution in [0.1, 0.15) is 25.8 Å². The maximum atomic E-state index is 12.8. The molecule has 1 amide bonds. The van der Waals surface area contributed by atoms with Gasteiger partial charge in [0.2, 0.25) is 15.9 Å². The smallest absolute Gasteiger partial charge is 0.271 e. The van der Waals surface area contributed by atoms with Gasteiger partial charge in [0.1, 0.15) is 11.8 Å². The standard InChI is InChI=1S/C20H25N3O6S/c1-4-19(20(24)21-14-15-9-11-18(12-10-15)29-5-2)22(30(3,27)28)16-7-6-8-17(13-16)23(25)26/h6-13,19H,4-5,14H2,1-3H3,(H,21,24)/t19-/m1/s1. The molecule has 162 valence electrons. The molecule has 0 aliphatic rings. The van der Waals surface area contributed by atoms with Crippen molar-refractivity contribution in [2.75, 3.05) is 17.2 Å². The Morgan fingerprint density at radius 3 is 2.40 bits per heavy atom. The maximum Gasteiger partial charge on any atom is 0.271 e. The van der Waals surface area contributed by atoms with Gasteiger partial charge in [-0.3, -0.25) is 19.2 Å². The van der Waals surface area contributed by atoms with Crippen LogP contribution in [0.5, 0.6) is 5.75 Å². The summed E-state index contributed by atoms with van der Waals surface area (Å²) in [7, 11) is -3.88. The average molecular weight is 436 g/mol. The molecule has 0 spiro atoms. The van der Waals surface area contributed by atoms with Crippen molar-refractivity contribution < 1.29 is 22.9 Å². The first-order chi connectivity index (χ1) is 14.2. The van der Waals surface area contributed by atoms with Crippen molar-refractivity contribution in [3.63, 3.8) is 0 Å². The minimum Gasteiger partial charge on any atom is -0.494 e. The lowest BCUT2D eigenvalue weighted by Gasteiger charge is -2.30. The molecule has 2 aromatic carbocycles. The molecule has 0 saturated heterocycles. The first-order valence-electron chi connectivity index (χ1n) is 9.40. The third kappa shape index (κ3) is 5.93. The molecule has 1 N–H and O–H groups in total.